The number of nitro groups is 1. The predicted molar refractivity (Wildman–Crippen MR) is 69.9 cm³/mol. The summed E-state index contributed by atoms with van der Waals surface area (Å²) in [5.41, 5.74) is -0.00696. The Morgan fingerprint density at radius 3 is 2.60 bits per heavy atom. The van der Waals surface area contributed by atoms with Crippen molar-refractivity contribution in [1.29, 1.82) is 0 Å². The Kier molecular flexibility index (Phi) is 4.79. The molecule has 0 spiro atoms. The molecular formula is C11H14N2O6S. The summed E-state index contributed by atoms with van der Waals surface area (Å²) in [6.45, 7) is 2.90. The number of carboxylic acids is 1. The molecule has 0 aromatic heterocycles. The predicted octanol–water partition coefficient (Wildman–Crippen LogP) is 1.04. The molecule has 110 valence electrons. The van der Waals surface area contributed by atoms with E-state index in [9.17, 15) is 23.3 Å². The van der Waals surface area contributed by atoms with Crippen molar-refractivity contribution in [2.24, 2.45) is 0 Å². The van der Waals surface area contributed by atoms with E-state index in [0.717, 1.165) is 6.07 Å². The lowest BCUT2D eigenvalue weighted by Crippen LogP contribution is -2.34. The fraction of sp³-hybridized carbons (Fsp3) is 0.364. The molecule has 1 unspecified atom stereocenters. The smallest absolute Gasteiger partial charge is 0.304 e. The maximum absolute atomic E-state index is 12.1. The van der Waals surface area contributed by atoms with Crippen LogP contribution in [0.4, 0.5) is 5.69 Å². The van der Waals surface area contributed by atoms with E-state index in [0.29, 0.717) is 5.56 Å². The van der Waals surface area contributed by atoms with Crippen LogP contribution in [-0.4, -0.2) is 30.5 Å². The zero-order valence-corrected chi connectivity index (χ0v) is 11.7. The Balaban J connectivity index is 3.12. The standard InChI is InChI=1S/C11H14N2O6S/c1-7-3-4-9(13(16)17)6-10(7)20(18,19)12-8(2)5-11(14)15/h3-4,6,8,12H,5H2,1-2H3,(H,14,15). The molecule has 1 rings (SSSR count). The Morgan fingerprint density at radius 1 is 1.50 bits per heavy atom. The number of hydrogen-bond donors (Lipinski definition) is 2. The van der Waals surface area contributed by atoms with Crippen LogP contribution < -0.4 is 4.72 Å². The summed E-state index contributed by atoms with van der Waals surface area (Å²) >= 11 is 0. The molecule has 0 aliphatic carbocycles. The third kappa shape index (κ3) is 4.00. The van der Waals surface area contributed by atoms with Crippen molar-refractivity contribution in [2.75, 3.05) is 0 Å². The Labute approximate surface area is 115 Å². The van der Waals surface area contributed by atoms with Crippen LogP contribution in [-0.2, 0) is 14.8 Å². The van der Waals surface area contributed by atoms with Crippen molar-refractivity contribution in [3.63, 3.8) is 0 Å². The number of sulfonamides is 1. The molecule has 0 heterocycles. The summed E-state index contributed by atoms with van der Waals surface area (Å²) < 4.78 is 26.4. The van der Waals surface area contributed by atoms with E-state index < -0.39 is 27.0 Å². The van der Waals surface area contributed by atoms with E-state index in [1.807, 2.05) is 0 Å². The maximum atomic E-state index is 12.1. The van der Waals surface area contributed by atoms with Gasteiger partial charge in [0.2, 0.25) is 10.0 Å². The minimum Gasteiger partial charge on any atom is -0.481 e. The quantitative estimate of drug-likeness (QED) is 0.597. The third-order valence-corrected chi connectivity index (χ3v) is 4.24. The molecule has 0 fully saturated rings. The largest absolute Gasteiger partial charge is 0.481 e. The number of rotatable bonds is 6. The number of nitrogens with zero attached hydrogens (tertiary/aromatic N) is 1. The summed E-state index contributed by atoms with van der Waals surface area (Å²) in [5, 5.41) is 19.3. The molecular weight excluding hydrogens is 288 g/mol. The van der Waals surface area contributed by atoms with Gasteiger partial charge in [0.1, 0.15) is 0 Å². The van der Waals surface area contributed by atoms with Crippen LogP contribution in [0.15, 0.2) is 23.1 Å². The zero-order chi connectivity index (χ0) is 15.5. The van der Waals surface area contributed by atoms with Gasteiger partial charge in [-0.25, -0.2) is 13.1 Å². The van der Waals surface area contributed by atoms with Crippen molar-refractivity contribution < 1.29 is 23.2 Å². The second kappa shape index (κ2) is 5.97. The highest BCUT2D eigenvalue weighted by molar-refractivity contribution is 7.89. The topological polar surface area (TPSA) is 127 Å². The fourth-order valence-electron chi connectivity index (χ4n) is 1.62. The van der Waals surface area contributed by atoms with Gasteiger partial charge in [-0.15, -0.1) is 0 Å². The SMILES string of the molecule is Cc1ccc([N+](=O)[O-])cc1S(=O)(=O)NC(C)CC(=O)O. The number of carboxylic acid groups (broad SMARTS) is 1. The maximum Gasteiger partial charge on any atom is 0.304 e. The molecule has 20 heavy (non-hydrogen) atoms. The average Bonchev–Trinajstić information content (AvgIpc) is 2.26. The lowest BCUT2D eigenvalue weighted by molar-refractivity contribution is -0.385. The third-order valence-electron chi connectivity index (χ3n) is 2.51. The van der Waals surface area contributed by atoms with Crippen molar-refractivity contribution in [2.45, 2.75) is 31.2 Å². The summed E-state index contributed by atoms with van der Waals surface area (Å²) in [4.78, 5) is 20.3. The number of aliphatic carboxylic acids is 1. The van der Waals surface area contributed by atoms with Gasteiger partial charge < -0.3 is 5.11 Å². The number of aryl methyl sites for hydroxylation is 1. The molecule has 9 heteroatoms. The van der Waals surface area contributed by atoms with E-state index >= 15 is 0 Å². The van der Waals surface area contributed by atoms with E-state index in [-0.39, 0.29) is 17.0 Å². The highest BCUT2D eigenvalue weighted by Crippen LogP contribution is 2.21. The average molecular weight is 302 g/mol. The molecule has 0 radical (unpaired) electrons. The van der Waals surface area contributed by atoms with Crippen molar-refractivity contribution >= 4 is 21.7 Å². The van der Waals surface area contributed by atoms with Gasteiger partial charge in [0.05, 0.1) is 16.2 Å². The monoisotopic (exact) mass is 302 g/mol. The Morgan fingerprint density at radius 2 is 2.10 bits per heavy atom. The first-order valence-electron chi connectivity index (χ1n) is 5.62. The second-order valence-corrected chi connectivity index (χ2v) is 6.01. The summed E-state index contributed by atoms with van der Waals surface area (Å²) in [6, 6.07) is 2.66. The second-order valence-electron chi connectivity index (χ2n) is 4.33. The summed E-state index contributed by atoms with van der Waals surface area (Å²) in [7, 11) is -4.01. The Bertz CT molecular complexity index is 640. The first-order valence-corrected chi connectivity index (χ1v) is 7.11. The van der Waals surface area contributed by atoms with E-state index in [1.54, 1.807) is 0 Å². The molecule has 1 atom stereocenters. The van der Waals surface area contributed by atoms with Crippen LogP contribution in [0, 0.1) is 17.0 Å². The van der Waals surface area contributed by atoms with E-state index in [2.05, 4.69) is 4.72 Å². The van der Waals surface area contributed by atoms with Gasteiger partial charge in [-0.05, 0) is 19.4 Å². The highest BCUT2D eigenvalue weighted by Gasteiger charge is 2.23. The number of non-ortho nitro benzene ring substituents is 1. The lowest BCUT2D eigenvalue weighted by Gasteiger charge is -2.13. The van der Waals surface area contributed by atoms with Crippen molar-refractivity contribution in [1.82, 2.24) is 4.72 Å². The van der Waals surface area contributed by atoms with Crippen molar-refractivity contribution in [3.8, 4) is 0 Å². The molecule has 0 saturated carbocycles. The molecule has 0 aliphatic rings. The molecule has 0 bridgehead atoms. The highest BCUT2D eigenvalue weighted by atomic mass is 32.2. The molecule has 0 aliphatic heterocycles. The lowest BCUT2D eigenvalue weighted by atomic mass is 10.2. The zero-order valence-electron chi connectivity index (χ0n) is 10.9. The van der Waals surface area contributed by atoms with E-state index in [1.165, 1.54) is 26.0 Å². The number of hydrogen-bond acceptors (Lipinski definition) is 5. The number of benzene rings is 1. The molecule has 0 amide bonds. The number of nitro benzene ring substituents is 1. The van der Waals surface area contributed by atoms with Crippen LogP contribution in [0.5, 0.6) is 0 Å². The first-order chi connectivity index (χ1) is 9.13. The first kappa shape index (κ1) is 16.1. The molecule has 8 nitrogen and oxygen atoms in total. The van der Waals surface area contributed by atoms with Crippen LogP contribution >= 0.6 is 0 Å². The molecule has 1 aromatic rings. The number of nitrogens with one attached hydrogen (secondary N) is 1. The minimum absolute atomic E-state index is 0.232. The van der Waals surface area contributed by atoms with Gasteiger partial charge >= 0.3 is 5.97 Å². The van der Waals surface area contributed by atoms with Gasteiger partial charge in [-0.3, -0.25) is 14.9 Å². The van der Waals surface area contributed by atoms with Crippen molar-refractivity contribution in [3.05, 3.63) is 33.9 Å². The van der Waals surface area contributed by atoms with Crippen LogP contribution in [0.25, 0.3) is 0 Å². The summed E-state index contributed by atoms with van der Waals surface area (Å²) in [6.07, 6.45) is -0.382. The van der Waals surface area contributed by atoms with Gasteiger partial charge in [0.15, 0.2) is 0 Å². The minimum atomic E-state index is -4.01. The van der Waals surface area contributed by atoms with Gasteiger partial charge in [0.25, 0.3) is 5.69 Å². The molecule has 0 saturated heterocycles. The molecule has 1 aromatic carbocycles. The fourth-order valence-corrected chi connectivity index (χ4v) is 3.13. The van der Waals surface area contributed by atoms with Gasteiger partial charge in [-0.2, -0.15) is 0 Å². The van der Waals surface area contributed by atoms with Crippen LogP contribution in [0.2, 0.25) is 0 Å². The Hall–Kier alpha value is -2.00. The van der Waals surface area contributed by atoms with Crippen LogP contribution in [0.3, 0.4) is 0 Å². The summed E-state index contributed by atoms with van der Waals surface area (Å²) in [5.74, 6) is -1.14. The van der Waals surface area contributed by atoms with Crippen LogP contribution in [0.1, 0.15) is 18.9 Å². The number of carbonyl (C=O) groups is 1. The molecule has 2 N–H and O–H groups in total. The van der Waals surface area contributed by atoms with E-state index in [4.69, 9.17) is 5.11 Å². The van der Waals surface area contributed by atoms with Gasteiger partial charge in [0, 0.05) is 18.2 Å². The normalized spacial score (nSPS) is 12.9. The van der Waals surface area contributed by atoms with Gasteiger partial charge in [-0.1, -0.05) is 6.07 Å².